The summed E-state index contributed by atoms with van der Waals surface area (Å²) in [6, 6.07) is 12.7. The number of rotatable bonds is 8. The Labute approximate surface area is 228 Å². The van der Waals surface area contributed by atoms with E-state index in [-0.39, 0.29) is 31.9 Å². The Morgan fingerprint density at radius 1 is 1.15 bits per heavy atom. The molecule has 39 heavy (non-hydrogen) atoms. The number of nitrogens with two attached hydrogens (primary N) is 1. The highest BCUT2D eigenvalue weighted by Crippen LogP contribution is 2.37. The van der Waals surface area contributed by atoms with Crippen LogP contribution in [0.2, 0.25) is 0 Å². The molecule has 0 aromatic heterocycles. The van der Waals surface area contributed by atoms with Gasteiger partial charge in [0.05, 0.1) is 12.8 Å². The molecule has 0 aliphatic carbocycles. The van der Waals surface area contributed by atoms with Gasteiger partial charge < -0.3 is 30.0 Å². The van der Waals surface area contributed by atoms with E-state index in [9.17, 15) is 27.9 Å². The van der Waals surface area contributed by atoms with Gasteiger partial charge in [-0.25, -0.2) is 4.79 Å². The second-order valence-corrected chi connectivity index (χ2v) is 12.2. The average Bonchev–Trinajstić information content (AvgIpc) is 3.07. The van der Waals surface area contributed by atoms with E-state index in [0.29, 0.717) is 12.0 Å². The number of ether oxygens (including phenoxy) is 1. The molecule has 2 aromatic carbocycles. The molecular weight excluding hydrogens is 526 g/mol. The monoisotopic (exact) mass is 561 g/mol. The minimum Gasteiger partial charge on any atom is -0.465 e. The van der Waals surface area contributed by atoms with Crippen molar-refractivity contribution in [3.63, 3.8) is 0 Å². The standard InChI is InChI=1S/C27H35N3O8S/c1-26(2,3)27(17-30(25(33)34)13-6-14-37-27)24(32)29-22(23(28)31)15-18-9-11-19(12-10-18)20-7-5-8-21(16-20)38-39(4,35)36/h5,7-12,16,22H,6,13-15,17H2,1-4H3,(H2,28,31)(H,29,32)(H,33,34)/t22-,27-/m0/s1. The van der Waals surface area contributed by atoms with Crippen LogP contribution in [0.15, 0.2) is 48.5 Å². The van der Waals surface area contributed by atoms with Crippen molar-refractivity contribution in [3.05, 3.63) is 54.1 Å². The van der Waals surface area contributed by atoms with E-state index in [2.05, 4.69) is 5.32 Å². The van der Waals surface area contributed by atoms with Gasteiger partial charge in [-0.2, -0.15) is 8.42 Å². The Morgan fingerprint density at radius 3 is 2.38 bits per heavy atom. The third-order valence-electron chi connectivity index (χ3n) is 6.64. The minimum absolute atomic E-state index is 0.0987. The fourth-order valence-corrected chi connectivity index (χ4v) is 4.91. The van der Waals surface area contributed by atoms with Crippen molar-refractivity contribution >= 4 is 28.0 Å². The van der Waals surface area contributed by atoms with Crippen LogP contribution in [0.25, 0.3) is 11.1 Å². The smallest absolute Gasteiger partial charge is 0.407 e. The van der Waals surface area contributed by atoms with Gasteiger partial charge in [0.2, 0.25) is 5.91 Å². The molecule has 0 unspecified atom stereocenters. The normalized spacial score (nSPS) is 19.0. The molecule has 12 heteroatoms. The zero-order valence-corrected chi connectivity index (χ0v) is 23.3. The number of carboxylic acid groups (broad SMARTS) is 1. The quantitative estimate of drug-likeness (QED) is 0.413. The maximum absolute atomic E-state index is 13.6. The lowest BCUT2D eigenvalue weighted by Gasteiger charge is -2.44. The molecule has 0 spiro atoms. The highest BCUT2D eigenvalue weighted by atomic mass is 32.2. The fourth-order valence-electron chi connectivity index (χ4n) is 4.46. The van der Waals surface area contributed by atoms with Crippen molar-refractivity contribution in [2.75, 3.05) is 26.0 Å². The van der Waals surface area contributed by atoms with Crippen LogP contribution in [-0.2, 0) is 30.9 Å². The Bertz CT molecular complexity index is 1320. The lowest BCUT2D eigenvalue weighted by Crippen LogP contribution is -2.64. The number of nitrogens with one attached hydrogen (secondary N) is 1. The van der Waals surface area contributed by atoms with Gasteiger partial charge in [0.1, 0.15) is 11.8 Å². The van der Waals surface area contributed by atoms with Crippen LogP contribution in [0.4, 0.5) is 4.79 Å². The SMILES string of the molecule is CC(C)(C)[C@@]1(C(=O)N[C@@H](Cc2ccc(-c3cccc(OS(C)(=O)=O)c3)cc2)C(N)=O)CN(C(=O)O)CCCO1. The van der Waals surface area contributed by atoms with Gasteiger partial charge in [0.25, 0.3) is 5.91 Å². The van der Waals surface area contributed by atoms with Crippen LogP contribution in [0.5, 0.6) is 5.75 Å². The fraction of sp³-hybridized carbons (Fsp3) is 0.444. The summed E-state index contributed by atoms with van der Waals surface area (Å²) < 4.78 is 33.8. The molecule has 11 nitrogen and oxygen atoms in total. The predicted molar refractivity (Wildman–Crippen MR) is 145 cm³/mol. The summed E-state index contributed by atoms with van der Waals surface area (Å²) in [6.45, 7) is 5.59. The number of primary amides is 1. The first-order chi connectivity index (χ1) is 18.1. The first-order valence-corrected chi connectivity index (χ1v) is 14.2. The van der Waals surface area contributed by atoms with Gasteiger partial charge in [0, 0.05) is 25.0 Å². The topological polar surface area (TPSA) is 165 Å². The summed E-state index contributed by atoms with van der Waals surface area (Å²) in [4.78, 5) is 38.9. The molecule has 1 aliphatic rings. The first kappa shape index (κ1) is 29.9. The molecule has 1 aliphatic heterocycles. The van der Waals surface area contributed by atoms with Crippen molar-refractivity contribution in [1.29, 1.82) is 0 Å². The molecule has 4 N–H and O–H groups in total. The largest absolute Gasteiger partial charge is 0.465 e. The number of nitrogens with zero attached hydrogens (tertiary/aromatic N) is 1. The number of benzene rings is 2. The Balaban J connectivity index is 1.80. The van der Waals surface area contributed by atoms with Crippen molar-refractivity contribution < 1.29 is 36.8 Å². The number of amides is 3. The van der Waals surface area contributed by atoms with E-state index in [1.165, 1.54) is 6.07 Å². The van der Waals surface area contributed by atoms with E-state index in [4.69, 9.17) is 14.7 Å². The van der Waals surface area contributed by atoms with Gasteiger partial charge in [-0.3, -0.25) is 9.59 Å². The van der Waals surface area contributed by atoms with Crippen LogP contribution in [-0.4, -0.2) is 73.9 Å². The molecule has 1 heterocycles. The van der Waals surface area contributed by atoms with Crippen LogP contribution < -0.4 is 15.2 Å². The van der Waals surface area contributed by atoms with Crippen molar-refractivity contribution in [3.8, 4) is 16.9 Å². The van der Waals surface area contributed by atoms with Gasteiger partial charge >= 0.3 is 16.2 Å². The van der Waals surface area contributed by atoms with E-state index in [1.807, 2.05) is 0 Å². The van der Waals surface area contributed by atoms with Crippen molar-refractivity contribution in [1.82, 2.24) is 10.2 Å². The van der Waals surface area contributed by atoms with E-state index in [0.717, 1.165) is 22.3 Å². The molecule has 0 radical (unpaired) electrons. The van der Waals surface area contributed by atoms with Crippen LogP contribution in [0, 0.1) is 5.41 Å². The Morgan fingerprint density at radius 2 is 1.82 bits per heavy atom. The molecule has 3 rings (SSSR count). The average molecular weight is 562 g/mol. The predicted octanol–water partition coefficient (Wildman–Crippen LogP) is 2.39. The Kier molecular flexibility index (Phi) is 8.91. The number of carbonyl (C=O) groups is 3. The van der Waals surface area contributed by atoms with Crippen molar-refractivity contribution in [2.24, 2.45) is 11.1 Å². The van der Waals surface area contributed by atoms with Crippen molar-refractivity contribution in [2.45, 2.75) is 45.3 Å². The molecule has 2 aromatic rings. The lowest BCUT2D eigenvalue weighted by molar-refractivity contribution is -0.166. The second kappa shape index (κ2) is 11.6. The van der Waals surface area contributed by atoms with Crippen LogP contribution >= 0.6 is 0 Å². The molecule has 1 saturated heterocycles. The molecular formula is C27H35N3O8S. The second-order valence-electron chi connectivity index (χ2n) is 10.6. The summed E-state index contributed by atoms with van der Waals surface area (Å²) in [5.74, 6) is -1.16. The van der Waals surface area contributed by atoms with Gasteiger partial charge in [-0.15, -0.1) is 0 Å². The first-order valence-electron chi connectivity index (χ1n) is 12.4. The molecule has 2 atom stereocenters. The molecule has 0 bridgehead atoms. The number of carbonyl (C=O) groups excluding carboxylic acids is 2. The maximum atomic E-state index is 13.6. The van der Waals surface area contributed by atoms with E-state index < -0.39 is 45.1 Å². The summed E-state index contributed by atoms with van der Waals surface area (Å²) in [6.07, 6.45) is 0.353. The van der Waals surface area contributed by atoms with Crippen LogP contribution in [0.3, 0.4) is 0 Å². The van der Waals surface area contributed by atoms with Gasteiger partial charge in [-0.1, -0.05) is 57.2 Å². The molecule has 212 valence electrons. The third-order valence-corrected chi connectivity index (χ3v) is 7.14. The number of hydrogen-bond donors (Lipinski definition) is 3. The van der Waals surface area contributed by atoms with Gasteiger partial charge in [-0.05, 0) is 35.2 Å². The molecule has 1 fully saturated rings. The van der Waals surface area contributed by atoms with E-state index >= 15 is 0 Å². The minimum atomic E-state index is -3.66. The van der Waals surface area contributed by atoms with Crippen LogP contribution in [0.1, 0.15) is 32.8 Å². The summed E-state index contributed by atoms with van der Waals surface area (Å²) >= 11 is 0. The maximum Gasteiger partial charge on any atom is 0.407 e. The zero-order valence-electron chi connectivity index (χ0n) is 22.5. The Hall–Kier alpha value is -3.64. The lowest BCUT2D eigenvalue weighted by atomic mass is 9.74. The summed E-state index contributed by atoms with van der Waals surface area (Å²) in [5.41, 5.74) is 5.54. The number of hydrogen-bond acceptors (Lipinski definition) is 7. The molecule has 3 amide bonds. The van der Waals surface area contributed by atoms with E-state index in [1.54, 1.807) is 63.2 Å². The summed E-state index contributed by atoms with van der Waals surface area (Å²) in [5, 5.41) is 12.3. The molecule has 0 saturated carbocycles. The zero-order chi connectivity index (χ0) is 29.0. The van der Waals surface area contributed by atoms with Gasteiger partial charge in [0.15, 0.2) is 5.60 Å². The summed E-state index contributed by atoms with van der Waals surface area (Å²) in [7, 11) is -3.66. The highest BCUT2D eigenvalue weighted by molar-refractivity contribution is 7.86. The highest BCUT2D eigenvalue weighted by Gasteiger charge is 2.53. The third kappa shape index (κ3) is 7.48.